The molecule has 1 N–H and O–H groups in total. The van der Waals surface area contributed by atoms with Gasteiger partial charge in [0.15, 0.2) is 5.78 Å². The van der Waals surface area contributed by atoms with Crippen molar-refractivity contribution in [3.05, 3.63) is 72.2 Å². The highest BCUT2D eigenvalue weighted by molar-refractivity contribution is 5.99. The predicted octanol–water partition coefficient (Wildman–Crippen LogP) is 3.21. The normalized spacial score (nSPS) is 16.9. The lowest BCUT2D eigenvalue weighted by atomic mass is 9.90. The van der Waals surface area contributed by atoms with Crippen LogP contribution in [0.1, 0.15) is 33.7 Å². The van der Waals surface area contributed by atoms with E-state index in [2.05, 4.69) is 15.2 Å². The molecule has 1 aliphatic rings. The van der Waals surface area contributed by atoms with Gasteiger partial charge in [0.2, 0.25) is 0 Å². The Morgan fingerprint density at radius 1 is 1.07 bits per heavy atom. The molecule has 2 aromatic heterocycles. The van der Waals surface area contributed by atoms with Crippen LogP contribution in [0.25, 0.3) is 11.3 Å². The van der Waals surface area contributed by atoms with Crippen molar-refractivity contribution in [2.45, 2.75) is 12.8 Å². The summed E-state index contributed by atoms with van der Waals surface area (Å²) in [6, 6.07) is 14.7. The zero-order valence-corrected chi connectivity index (χ0v) is 14.8. The number of aromatic nitrogens is 3. The Morgan fingerprint density at radius 3 is 2.63 bits per heavy atom. The zero-order chi connectivity index (χ0) is 18.6. The molecule has 0 spiro atoms. The average molecular weight is 360 g/mol. The largest absolute Gasteiger partial charge is 0.337 e. The summed E-state index contributed by atoms with van der Waals surface area (Å²) < 4.78 is 0. The maximum atomic E-state index is 12.9. The number of nitrogens with zero attached hydrogens (tertiary/aromatic N) is 3. The van der Waals surface area contributed by atoms with E-state index >= 15 is 0 Å². The maximum Gasteiger partial charge on any atom is 0.271 e. The Morgan fingerprint density at radius 2 is 1.85 bits per heavy atom. The molecule has 4 rings (SSSR count). The molecule has 6 heteroatoms. The van der Waals surface area contributed by atoms with Crippen molar-refractivity contribution in [2.75, 3.05) is 13.1 Å². The van der Waals surface area contributed by atoms with Gasteiger partial charge in [-0.3, -0.25) is 19.7 Å². The van der Waals surface area contributed by atoms with E-state index in [1.807, 2.05) is 42.5 Å². The van der Waals surface area contributed by atoms with Crippen molar-refractivity contribution in [1.82, 2.24) is 20.1 Å². The van der Waals surface area contributed by atoms with Crippen LogP contribution in [0.15, 0.2) is 60.9 Å². The van der Waals surface area contributed by atoms with Gasteiger partial charge in [-0.1, -0.05) is 30.3 Å². The molecule has 1 amide bonds. The molecule has 1 atom stereocenters. The van der Waals surface area contributed by atoms with Gasteiger partial charge < -0.3 is 4.90 Å². The summed E-state index contributed by atoms with van der Waals surface area (Å²) in [5.74, 6) is -0.170. The quantitative estimate of drug-likeness (QED) is 0.725. The molecule has 1 aromatic carbocycles. The second-order valence-corrected chi connectivity index (χ2v) is 6.72. The molecule has 1 fully saturated rings. The van der Waals surface area contributed by atoms with Crippen LogP contribution in [0.5, 0.6) is 0 Å². The number of H-pyrrole nitrogens is 1. The van der Waals surface area contributed by atoms with Gasteiger partial charge in [-0.05, 0) is 31.0 Å². The number of benzene rings is 1. The van der Waals surface area contributed by atoms with Gasteiger partial charge in [0.25, 0.3) is 5.91 Å². The van der Waals surface area contributed by atoms with Gasteiger partial charge in [-0.25, -0.2) is 0 Å². The van der Waals surface area contributed by atoms with Gasteiger partial charge in [-0.15, -0.1) is 0 Å². The van der Waals surface area contributed by atoms with Gasteiger partial charge in [0.05, 0.1) is 5.69 Å². The van der Waals surface area contributed by atoms with E-state index < -0.39 is 0 Å². The molecule has 6 nitrogen and oxygen atoms in total. The highest BCUT2D eigenvalue weighted by atomic mass is 16.2. The molecule has 1 aliphatic heterocycles. The van der Waals surface area contributed by atoms with Gasteiger partial charge in [0.1, 0.15) is 5.69 Å². The van der Waals surface area contributed by atoms with Crippen LogP contribution in [0.2, 0.25) is 0 Å². The fourth-order valence-corrected chi connectivity index (χ4v) is 3.49. The first-order valence-corrected chi connectivity index (χ1v) is 9.07. The lowest BCUT2D eigenvalue weighted by Gasteiger charge is -2.31. The van der Waals surface area contributed by atoms with Crippen LogP contribution in [-0.2, 0) is 0 Å². The fraction of sp³-hybridized carbons (Fsp3) is 0.238. The Labute approximate surface area is 157 Å². The molecule has 1 saturated heterocycles. The van der Waals surface area contributed by atoms with E-state index in [1.165, 1.54) is 0 Å². The number of piperidine rings is 1. The second-order valence-electron chi connectivity index (χ2n) is 6.72. The number of amides is 1. The van der Waals surface area contributed by atoms with Crippen LogP contribution >= 0.6 is 0 Å². The lowest BCUT2D eigenvalue weighted by molar-refractivity contribution is 0.0632. The van der Waals surface area contributed by atoms with Crippen molar-refractivity contribution in [3.63, 3.8) is 0 Å². The number of carbonyl (C=O) groups excluding carboxylic acids is 2. The third-order valence-electron chi connectivity index (χ3n) is 4.92. The average Bonchev–Trinajstić information content (AvgIpc) is 3.24. The number of aromatic amines is 1. The molecule has 0 saturated carbocycles. The zero-order valence-electron chi connectivity index (χ0n) is 14.8. The summed E-state index contributed by atoms with van der Waals surface area (Å²) in [6.45, 7) is 1.09. The summed E-state index contributed by atoms with van der Waals surface area (Å²) in [4.78, 5) is 31.3. The number of carbonyl (C=O) groups is 2. The third-order valence-corrected chi connectivity index (χ3v) is 4.92. The molecule has 0 radical (unpaired) electrons. The monoisotopic (exact) mass is 360 g/mol. The molecular weight excluding hydrogens is 340 g/mol. The number of hydrogen-bond donors (Lipinski definition) is 1. The molecule has 0 bridgehead atoms. The number of pyridine rings is 1. The van der Waals surface area contributed by atoms with E-state index in [9.17, 15) is 9.59 Å². The Kier molecular flexibility index (Phi) is 4.78. The number of likely N-dealkylation sites (tertiary alicyclic amines) is 1. The minimum absolute atomic E-state index is 0.107. The van der Waals surface area contributed by atoms with E-state index in [4.69, 9.17) is 0 Å². The van der Waals surface area contributed by atoms with Crippen LogP contribution in [0.4, 0.5) is 0 Å². The van der Waals surface area contributed by atoms with Gasteiger partial charge in [0, 0.05) is 42.5 Å². The summed E-state index contributed by atoms with van der Waals surface area (Å²) in [5, 5.41) is 7.07. The molecule has 27 heavy (non-hydrogen) atoms. The number of ketones is 1. The van der Waals surface area contributed by atoms with Crippen LogP contribution < -0.4 is 0 Å². The van der Waals surface area contributed by atoms with Crippen LogP contribution in [0, 0.1) is 5.92 Å². The molecule has 3 heterocycles. The van der Waals surface area contributed by atoms with Crippen molar-refractivity contribution in [3.8, 4) is 11.3 Å². The Hall–Kier alpha value is -3.28. The smallest absolute Gasteiger partial charge is 0.271 e. The minimum atomic E-state index is -0.160. The van der Waals surface area contributed by atoms with E-state index in [-0.39, 0.29) is 17.6 Å². The van der Waals surface area contributed by atoms with E-state index in [1.54, 1.807) is 23.4 Å². The highest BCUT2D eigenvalue weighted by Crippen LogP contribution is 2.23. The molecule has 3 aromatic rings. The van der Waals surface area contributed by atoms with Crippen molar-refractivity contribution < 1.29 is 9.59 Å². The number of hydrogen-bond acceptors (Lipinski definition) is 4. The molecule has 1 unspecified atom stereocenters. The van der Waals surface area contributed by atoms with Crippen molar-refractivity contribution >= 4 is 11.7 Å². The number of nitrogens with one attached hydrogen (secondary N) is 1. The SMILES string of the molecule is O=C(c1ccccc1)C1CCCN(C(=O)c2cc(-c3ccncc3)n[nH]2)C1. The van der Waals surface area contributed by atoms with Crippen molar-refractivity contribution in [2.24, 2.45) is 5.92 Å². The molecule has 0 aliphatic carbocycles. The standard InChI is InChI=1S/C21H20N4O2/c26-20(16-5-2-1-3-6-16)17-7-4-12-25(14-17)21(27)19-13-18(23-24-19)15-8-10-22-11-9-15/h1-3,5-6,8-11,13,17H,4,7,12,14H2,(H,23,24). The Bertz CT molecular complexity index is 937. The predicted molar refractivity (Wildman–Crippen MR) is 101 cm³/mol. The van der Waals surface area contributed by atoms with Crippen molar-refractivity contribution in [1.29, 1.82) is 0 Å². The second kappa shape index (κ2) is 7.53. The summed E-state index contributed by atoms with van der Waals surface area (Å²) in [5.41, 5.74) is 2.75. The van der Waals surface area contributed by atoms with Crippen LogP contribution in [-0.4, -0.2) is 44.9 Å². The Balaban J connectivity index is 1.48. The maximum absolute atomic E-state index is 12.9. The van der Waals surface area contributed by atoms with Crippen LogP contribution in [0.3, 0.4) is 0 Å². The molecule has 136 valence electrons. The minimum Gasteiger partial charge on any atom is -0.337 e. The number of Topliss-reactive ketones (excluding diaryl/α,β-unsaturated/α-hetero) is 1. The van der Waals surface area contributed by atoms with Gasteiger partial charge in [-0.2, -0.15) is 5.10 Å². The first kappa shape index (κ1) is 17.1. The highest BCUT2D eigenvalue weighted by Gasteiger charge is 2.30. The first-order chi connectivity index (χ1) is 13.2. The summed E-state index contributed by atoms with van der Waals surface area (Å²) in [7, 11) is 0. The van der Waals surface area contributed by atoms with Gasteiger partial charge >= 0.3 is 0 Å². The summed E-state index contributed by atoms with van der Waals surface area (Å²) >= 11 is 0. The summed E-state index contributed by atoms with van der Waals surface area (Å²) in [6.07, 6.45) is 5.01. The van der Waals surface area contributed by atoms with E-state index in [0.717, 1.165) is 18.4 Å². The van der Waals surface area contributed by atoms with E-state index in [0.29, 0.717) is 30.0 Å². The lowest BCUT2D eigenvalue weighted by Crippen LogP contribution is -2.42. The molecular formula is C21H20N4O2. The first-order valence-electron chi connectivity index (χ1n) is 9.07. The number of rotatable bonds is 4. The topological polar surface area (TPSA) is 79.0 Å². The fourth-order valence-electron chi connectivity index (χ4n) is 3.49. The third kappa shape index (κ3) is 3.65.